The summed E-state index contributed by atoms with van der Waals surface area (Å²) in [6.45, 7) is 4.04. The lowest BCUT2D eigenvalue weighted by atomic mass is 10.1. The van der Waals surface area contributed by atoms with E-state index in [0.29, 0.717) is 17.6 Å². The lowest BCUT2D eigenvalue weighted by molar-refractivity contribution is 0.121. The van der Waals surface area contributed by atoms with E-state index < -0.39 is 0 Å². The number of hydrogen-bond acceptors (Lipinski definition) is 5. The van der Waals surface area contributed by atoms with E-state index >= 15 is 0 Å². The van der Waals surface area contributed by atoms with E-state index in [0.717, 1.165) is 41.8 Å². The fourth-order valence-corrected chi connectivity index (χ4v) is 4.00. The fourth-order valence-electron chi connectivity index (χ4n) is 4.00. The van der Waals surface area contributed by atoms with Crippen LogP contribution in [-0.4, -0.2) is 46.2 Å². The predicted octanol–water partition coefficient (Wildman–Crippen LogP) is 4.22. The first-order valence-electron chi connectivity index (χ1n) is 9.87. The first-order chi connectivity index (χ1) is 14.2. The Morgan fingerprint density at radius 3 is 2.72 bits per heavy atom. The summed E-state index contributed by atoms with van der Waals surface area (Å²) in [4.78, 5) is 19.6. The second-order valence-electron chi connectivity index (χ2n) is 7.51. The molecule has 2 aromatic carbocycles. The number of benzene rings is 2. The largest absolute Gasteiger partial charge is 0.380 e. The molecule has 0 bridgehead atoms. The van der Waals surface area contributed by atoms with Gasteiger partial charge in [0.15, 0.2) is 11.5 Å². The van der Waals surface area contributed by atoms with E-state index in [1.165, 1.54) is 11.3 Å². The van der Waals surface area contributed by atoms with Crippen LogP contribution in [0.2, 0.25) is 0 Å². The van der Waals surface area contributed by atoms with Crippen molar-refractivity contribution in [3.05, 3.63) is 60.4 Å². The molecule has 0 amide bonds. The van der Waals surface area contributed by atoms with Crippen molar-refractivity contribution in [3.8, 4) is 22.6 Å². The normalized spacial score (nSPS) is 16.6. The van der Waals surface area contributed by atoms with Crippen LogP contribution in [0.3, 0.4) is 0 Å². The zero-order valence-electron chi connectivity index (χ0n) is 16.6. The minimum Gasteiger partial charge on any atom is -0.380 e. The number of nitrogens with one attached hydrogen (secondary N) is 1. The van der Waals surface area contributed by atoms with Crippen molar-refractivity contribution in [2.24, 2.45) is 0 Å². The molecule has 5 rings (SSSR count). The van der Waals surface area contributed by atoms with Gasteiger partial charge in [0.05, 0.1) is 12.4 Å². The molecule has 1 fully saturated rings. The first kappa shape index (κ1) is 17.8. The highest BCUT2D eigenvalue weighted by Gasteiger charge is 2.23. The molecule has 29 heavy (non-hydrogen) atoms. The second-order valence-corrected chi connectivity index (χ2v) is 7.51. The van der Waals surface area contributed by atoms with Crippen molar-refractivity contribution in [1.82, 2.24) is 19.9 Å². The third-order valence-electron chi connectivity index (χ3n) is 5.50. The van der Waals surface area contributed by atoms with Gasteiger partial charge in [-0.15, -0.1) is 0 Å². The van der Waals surface area contributed by atoms with E-state index in [-0.39, 0.29) is 0 Å². The third kappa shape index (κ3) is 3.36. The number of rotatable bonds is 4. The molecule has 2 aromatic heterocycles. The molecule has 1 N–H and O–H groups in total. The summed E-state index contributed by atoms with van der Waals surface area (Å²) in [6.07, 6.45) is 3.02. The molecule has 1 saturated heterocycles. The van der Waals surface area contributed by atoms with Crippen LogP contribution in [0.1, 0.15) is 12.0 Å². The predicted molar refractivity (Wildman–Crippen MR) is 115 cm³/mol. The molecule has 0 aliphatic carbocycles. The SMILES string of the molecule is COC1CCN(c2cc(C)cc(-c3nc(-c4ccccc4)nc4nc[nH]c34)c2)C1. The molecule has 0 spiro atoms. The van der Waals surface area contributed by atoms with Gasteiger partial charge in [0, 0.05) is 37.0 Å². The van der Waals surface area contributed by atoms with Crippen LogP contribution in [0.25, 0.3) is 33.8 Å². The molecule has 1 aliphatic heterocycles. The summed E-state index contributed by atoms with van der Waals surface area (Å²) in [5, 5.41) is 0. The van der Waals surface area contributed by atoms with Gasteiger partial charge in [-0.25, -0.2) is 15.0 Å². The van der Waals surface area contributed by atoms with Gasteiger partial charge < -0.3 is 14.6 Å². The van der Waals surface area contributed by atoms with Gasteiger partial charge >= 0.3 is 0 Å². The molecular weight excluding hydrogens is 362 g/mol. The number of anilines is 1. The van der Waals surface area contributed by atoms with Gasteiger partial charge in [-0.2, -0.15) is 0 Å². The lowest BCUT2D eigenvalue weighted by Gasteiger charge is -2.20. The second kappa shape index (κ2) is 7.29. The van der Waals surface area contributed by atoms with E-state index in [1.54, 1.807) is 13.4 Å². The maximum Gasteiger partial charge on any atom is 0.181 e. The zero-order chi connectivity index (χ0) is 19.8. The van der Waals surface area contributed by atoms with Crippen LogP contribution >= 0.6 is 0 Å². The minimum atomic E-state index is 0.294. The van der Waals surface area contributed by atoms with E-state index in [1.807, 2.05) is 30.3 Å². The van der Waals surface area contributed by atoms with Crippen molar-refractivity contribution in [2.45, 2.75) is 19.4 Å². The Hall–Kier alpha value is -3.25. The van der Waals surface area contributed by atoms with Gasteiger partial charge in [-0.1, -0.05) is 30.3 Å². The van der Waals surface area contributed by atoms with Gasteiger partial charge in [0.2, 0.25) is 0 Å². The van der Waals surface area contributed by atoms with Crippen LogP contribution in [0.15, 0.2) is 54.9 Å². The number of fused-ring (bicyclic) bond motifs is 1. The van der Waals surface area contributed by atoms with Crippen LogP contribution in [0.4, 0.5) is 5.69 Å². The molecular formula is C23H23N5O. The molecule has 6 heteroatoms. The van der Waals surface area contributed by atoms with Crippen molar-refractivity contribution in [1.29, 1.82) is 0 Å². The zero-order valence-corrected chi connectivity index (χ0v) is 16.6. The van der Waals surface area contributed by atoms with Crippen LogP contribution in [-0.2, 0) is 4.74 Å². The number of H-pyrrole nitrogens is 1. The number of hydrogen-bond donors (Lipinski definition) is 1. The maximum atomic E-state index is 5.54. The average Bonchev–Trinajstić information content (AvgIpc) is 3.42. The van der Waals surface area contributed by atoms with Crippen LogP contribution < -0.4 is 4.90 Å². The molecule has 1 aliphatic rings. The highest BCUT2D eigenvalue weighted by Crippen LogP contribution is 2.32. The Kier molecular flexibility index (Phi) is 4.48. The molecule has 0 saturated carbocycles. The third-order valence-corrected chi connectivity index (χ3v) is 5.50. The topological polar surface area (TPSA) is 66.9 Å². The minimum absolute atomic E-state index is 0.294. The molecule has 0 radical (unpaired) electrons. The van der Waals surface area contributed by atoms with Crippen LogP contribution in [0, 0.1) is 6.92 Å². The molecule has 4 aromatic rings. The Balaban J connectivity index is 1.63. The molecule has 146 valence electrons. The molecule has 3 heterocycles. The van der Waals surface area contributed by atoms with E-state index in [2.05, 4.69) is 45.0 Å². The number of methoxy groups -OCH3 is 1. The Morgan fingerprint density at radius 1 is 1.07 bits per heavy atom. The van der Waals surface area contributed by atoms with E-state index in [4.69, 9.17) is 9.72 Å². The maximum absolute atomic E-state index is 5.54. The highest BCUT2D eigenvalue weighted by molar-refractivity contribution is 5.89. The Morgan fingerprint density at radius 2 is 1.93 bits per heavy atom. The smallest absolute Gasteiger partial charge is 0.181 e. The number of nitrogens with zero attached hydrogens (tertiary/aromatic N) is 4. The molecule has 1 atom stereocenters. The monoisotopic (exact) mass is 385 g/mol. The van der Waals surface area contributed by atoms with Crippen LogP contribution in [0.5, 0.6) is 0 Å². The average molecular weight is 385 g/mol. The number of aromatic nitrogens is 4. The van der Waals surface area contributed by atoms with Gasteiger partial charge in [-0.3, -0.25) is 0 Å². The van der Waals surface area contributed by atoms with Gasteiger partial charge in [-0.05, 0) is 37.1 Å². The molecule has 1 unspecified atom stereocenters. The summed E-state index contributed by atoms with van der Waals surface area (Å²) in [5.74, 6) is 0.684. The van der Waals surface area contributed by atoms with Crippen molar-refractivity contribution in [2.75, 3.05) is 25.1 Å². The standard InChI is InChI=1S/C23H23N5O/c1-15-10-17(12-18(11-15)28-9-8-19(13-28)29-2)20-21-23(25-14-24-21)27-22(26-20)16-6-4-3-5-7-16/h3-7,10-12,14,19H,8-9,13H2,1-2H3,(H,24,25,26,27). The first-order valence-corrected chi connectivity index (χ1v) is 9.87. The number of imidazole rings is 1. The Bertz CT molecular complexity index is 1150. The summed E-state index contributed by atoms with van der Waals surface area (Å²) in [7, 11) is 1.79. The fraction of sp³-hybridized carbons (Fsp3) is 0.261. The summed E-state index contributed by atoms with van der Waals surface area (Å²) >= 11 is 0. The van der Waals surface area contributed by atoms with Gasteiger partial charge in [0.25, 0.3) is 0 Å². The Labute approximate surface area is 169 Å². The summed E-state index contributed by atoms with van der Waals surface area (Å²) in [6, 6.07) is 16.6. The number of aromatic amines is 1. The van der Waals surface area contributed by atoms with Crippen molar-refractivity contribution >= 4 is 16.9 Å². The lowest BCUT2D eigenvalue weighted by Crippen LogP contribution is -2.22. The van der Waals surface area contributed by atoms with Crippen molar-refractivity contribution in [3.63, 3.8) is 0 Å². The molecule has 6 nitrogen and oxygen atoms in total. The number of aryl methyl sites for hydroxylation is 1. The van der Waals surface area contributed by atoms with Gasteiger partial charge in [0.1, 0.15) is 11.2 Å². The quantitative estimate of drug-likeness (QED) is 0.570. The highest BCUT2D eigenvalue weighted by atomic mass is 16.5. The summed E-state index contributed by atoms with van der Waals surface area (Å²) < 4.78 is 5.54. The summed E-state index contributed by atoms with van der Waals surface area (Å²) in [5.41, 5.74) is 6.86. The van der Waals surface area contributed by atoms with Crippen molar-refractivity contribution < 1.29 is 4.74 Å². The van der Waals surface area contributed by atoms with E-state index in [9.17, 15) is 0 Å². The number of ether oxygens (including phenoxy) is 1.